The summed E-state index contributed by atoms with van der Waals surface area (Å²) >= 11 is 0. The van der Waals surface area contributed by atoms with E-state index < -0.39 is 11.9 Å². The van der Waals surface area contributed by atoms with Gasteiger partial charge in [-0.05, 0) is 31.0 Å². The first kappa shape index (κ1) is 13.1. The SMILES string of the molecule is CC#CCOc1ccc(CC(N)C(N)=O)cc1. The molecule has 1 rings (SSSR count). The summed E-state index contributed by atoms with van der Waals surface area (Å²) in [5.41, 5.74) is 11.6. The summed E-state index contributed by atoms with van der Waals surface area (Å²) in [6.45, 7) is 2.13. The Hall–Kier alpha value is -1.99. The zero-order valence-corrected chi connectivity index (χ0v) is 9.77. The van der Waals surface area contributed by atoms with Gasteiger partial charge >= 0.3 is 0 Å². The van der Waals surface area contributed by atoms with Gasteiger partial charge in [-0.2, -0.15) is 0 Å². The standard InChI is InChI=1S/C13H16N2O2/c1-2-3-8-17-11-6-4-10(5-7-11)9-12(14)13(15)16/h4-7,12H,8-9,14H2,1H3,(H2,15,16). The van der Waals surface area contributed by atoms with Crippen LogP contribution in [-0.2, 0) is 11.2 Å². The molecule has 4 N–H and O–H groups in total. The highest BCUT2D eigenvalue weighted by Crippen LogP contribution is 2.12. The Balaban J connectivity index is 2.54. The third-order valence-electron chi connectivity index (χ3n) is 2.23. The second kappa shape index (κ2) is 6.56. The van der Waals surface area contributed by atoms with Gasteiger partial charge in [-0.15, -0.1) is 5.92 Å². The van der Waals surface area contributed by atoms with Crippen molar-refractivity contribution in [3.63, 3.8) is 0 Å². The summed E-state index contributed by atoms with van der Waals surface area (Å²) in [4.78, 5) is 10.8. The van der Waals surface area contributed by atoms with E-state index in [9.17, 15) is 4.79 Å². The molecule has 4 heteroatoms. The van der Waals surface area contributed by atoms with Crippen LogP contribution in [0.3, 0.4) is 0 Å². The molecule has 1 aromatic carbocycles. The number of amides is 1. The minimum absolute atomic E-state index is 0.372. The van der Waals surface area contributed by atoms with Gasteiger partial charge in [0.2, 0.25) is 5.91 Å². The van der Waals surface area contributed by atoms with Crippen LogP contribution in [0.2, 0.25) is 0 Å². The van der Waals surface area contributed by atoms with E-state index >= 15 is 0 Å². The lowest BCUT2D eigenvalue weighted by Gasteiger charge is -2.08. The van der Waals surface area contributed by atoms with Gasteiger partial charge in [0.25, 0.3) is 0 Å². The van der Waals surface area contributed by atoms with Crippen LogP contribution in [0.25, 0.3) is 0 Å². The van der Waals surface area contributed by atoms with E-state index in [0.717, 1.165) is 11.3 Å². The van der Waals surface area contributed by atoms with Gasteiger partial charge in [0.05, 0.1) is 6.04 Å². The number of benzene rings is 1. The van der Waals surface area contributed by atoms with Crippen molar-refractivity contribution in [1.29, 1.82) is 0 Å². The van der Waals surface area contributed by atoms with Crippen molar-refractivity contribution in [2.75, 3.05) is 6.61 Å². The molecule has 0 fully saturated rings. The molecule has 1 unspecified atom stereocenters. The fraction of sp³-hybridized carbons (Fsp3) is 0.308. The van der Waals surface area contributed by atoms with Crippen molar-refractivity contribution >= 4 is 5.91 Å². The quantitative estimate of drug-likeness (QED) is 0.723. The van der Waals surface area contributed by atoms with Gasteiger partial charge in [-0.25, -0.2) is 0 Å². The van der Waals surface area contributed by atoms with Gasteiger partial charge in [0, 0.05) is 0 Å². The Kier molecular flexibility index (Phi) is 5.05. The largest absolute Gasteiger partial charge is 0.481 e. The Bertz CT molecular complexity index is 429. The Labute approximate surface area is 101 Å². The van der Waals surface area contributed by atoms with E-state index in [1.165, 1.54) is 0 Å². The normalized spacial score (nSPS) is 11.2. The fourth-order valence-corrected chi connectivity index (χ4v) is 1.27. The summed E-state index contributed by atoms with van der Waals surface area (Å²) in [6.07, 6.45) is 0.435. The molecule has 90 valence electrons. The lowest BCUT2D eigenvalue weighted by molar-refractivity contribution is -0.119. The predicted molar refractivity (Wildman–Crippen MR) is 66.3 cm³/mol. The molecule has 4 nitrogen and oxygen atoms in total. The maximum absolute atomic E-state index is 10.8. The topological polar surface area (TPSA) is 78.3 Å². The van der Waals surface area contributed by atoms with Gasteiger partial charge in [0.1, 0.15) is 12.4 Å². The highest BCUT2D eigenvalue weighted by molar-refractivity contribution is 5.79. The van der Waals surface area contributed by atoms with Crippen molar-refractivity contribution in [2.24, 2.45) is 11.5 Å². The van der Waals surface area contributed by atoms with Crippen molar-refractivity contribution in [2.45, 2.75) is 19.4 Å². The summed E-state index contributed by atoms with van der Waals surface area (Å²) < 4.78 is 5.36. The highest BCUT2D eigenvalue weighted by Gasteiger charge is 2.09. The number of nitrogens with two attached hydrogens (primary N) is 2. The van der Waals surface area contributed by atoms with Gasteiger partial charge in [0.15, 0.2) is 0 Å². The molecule has 1 atom stereocenters. The van der Waals surface area contributed by atoms with E-state index in [0.29, 0.717) is 13.0 Å². The minimum Gasteiger partial charge on any atom is -0.481 e. The number of carbonyl (C=O) groups excluding carboxylic acids is 1. The Morgan fingerprint density at radius 3 is 2.59 bits per heavy atom. The molecule has 0 bridgehead atoms. The second-order valence-corrected chi connectivity index (χ2v) is 3.57. The maximum atomic E-state index is 10.8. The summed E-state index contributed by atoms with van der Waals surface area (Å²) in [5.74, 6) is 5.79. The van der Waals surface area contributed by atoms with Crippen molar-refractivity contribution in [3.8, 4) is 17.6 Å². The lowest BCUT2D eigenvalue weighted by Crippen LogP contribution is -2.38. The predicted octanol–water partition coefficient (Wildman–Crippen LogP) is 0.444. The molecule has 0 heterocycles. The monoisotopic (exact) mass is 232 g/mol. The Morgan fingerprint density at radius 2 is 2.06 bits per heavy atom. The van der Waals surface area contributed by atoms with Crippen LogP contribution in [0.15, 0.2) is 24.3 Å². The van der Waals surface area contributed by atoms with Gasteiger partial charge in [-0.3, -0.25) is 4.79 Å². The average molecular weight is 232 g/mol. The summed E-state index contributed by atoms with van der Waals surface area (Å²) in [5, 5.41) is 0. The number of primary amides is 1. The molecule has 0 aliphatic carbocycles. The van der Waals surface area contributed by atoms with E-state index in [2.05, 4.69) is 11.8 Å². The van der Waals surface area contributed by atoms with Gasteiger partial charge < -0.3 is 16.2 Å². The molecule has 0 saturated carbocycles. The van der Waals surface area contributed by atoms with Crippen molar-refractivity contribution in [3.05, 3.63) is 29.8 Å². The molecular weight excluding hydrogens is 216 g/mol. The molecule has 1 aromatic rings. The third kappa shape index (κ3) is 4.58. The number of ether oxygens (including phenoxy) is 1. The molecule has 17 heavy (non-hydrogen) atoms. The molecule has 0 spiro atoms. The summed E-state index contributed by atoms with van der Waals surface area (Å²) in [7, 11) is 0. The highest BCUT2D eigenvalue weighted by atomic mass is 16.5. The third-order valence-corrected chi connectivity index (χ3v) is 2.23. The lowest BCUT2D eigenvalue weighted by atomic mass is 10.1. The van der Waals surface area contributed by atoms with Crippen LogP contribution < -0.4 is 16.2 Å². The molecule has 0 aliphatic heterocycles. The molecule has 0 aliphatic rings. The maximum Gasteiger partial charge on any atom is 0.234 e. The number of hydrogen-bond donors (Lipinski definition) is 2. The van der Waals surface area contributed by atoms with E-state index in [4.69, 9.17) is 16.2 Å². The number of hydrogen-bond acceptors (Lipinski definition) is 3. The molecule has 0 saturated heterocycles. The van der Waals surface area contributed by atoms with E-state index in [-0.39, 0.29) is 0 Å². The fourth-order valence-electron chi connectivity index (χ4n) is 1.27. The van der Waals surface area contributed by atoms with Crippen molar-refractivity contribution in [1.82, 2.24) is 0 Å². The minimum atomic E-state index is -0.646. The number of rotatable bonds is 5. The Morgan fingerprint density at radius 1 is 1.41 bits per heavy atom. The molecular formula is C13H16N2O2. The van der Waals surface area contributed by atoms with Crippen LogP contribution in [0, 0.1) is 11.8 Å². The van der Waals surface area contributed by atoms with E-state index in [1.54, 1.807) is 6.92 Å². The van der Waals surface area contributed by atoms with Crippen LogP contribution in [0.4, 0.5) is 0 Å². The summed E-state index contributed by atoms with van der Waals surface area (Å²) in [6, 6.07) is 6.71. The first-order chi connectivity index (χ1) is 8.13. The second-order valence-electron chi connectivity index (χ2n) is 3.57. The zero-order valence-electron chi connectivity index (χ0n) is 9.77. The number of carbonyl (C=O) groups is 1. The molecule has 0 aromatic heterocycles. The zero-order chi connectivity index (χ0) is 12.7. The molecule has 1 amide bonds. The smallest absolute Gasteiger partial charge is 0.234 e. The van der Waals surface area contributed by atoms with Crippen LogP contribution in [-0.4, -0.2) is 18.6 Å². The van der Waals surface area contributed by atoms with Gasteiger partial charge in [-0.1, -0.05) is 18.1 Å². The first-order valence-electron chi connectivity index (χ1n) is 5.29. The average Bonchev–Trinajstić information content (AvgIpc) is 2.31. The molecule has 0 radical (unpaired) electrons. The first-order valence-corrected chi connectivity index (χ1v) is 5.29. The van der Waals surface area contributed by atoms with Crippen molar-refractivity contribution < 1.29 is 9.53 Å². The van der Waals surface area contributed by atoms with Crippen LogP contribution >= 0.6 is 0 Å². The van der Waals surface area contributed by atoms with E-state index in [1.807, 2.05) is 24.3 Å². The van der Waals surface area contributed by atoms with Crippen LogP contribution in [0.1, 0.15) is 12.5 Å². The van der Waals surface area contributed by atoms with Crippen LogP contribution in [0.5, 0.6) is 5.75 Å².